The normalized spacial score (nSPS) is 10.2. The maximum atomic E-state index is 10.3. The summed E-state index contributed by atoms with van der Waals surface area (Å²) in [6.45, 7) is 0.716. The van der Waals surface area contributed by atoms with Gasteiger partial charge in [0, 0.05) is 19.2 Å². The Hall–Kier alpha value is -1.000. The van der Waals surface area contributed by atoms with Crippen molar-refractivity contribution in [3.63, 3.8) is 0 Å². The van der Waals surface area contributed by atoms with Crippen LogP contribution in [-0.4, -0.2) is 22.6 Å². The predicted octanol–water partition coefficient (Wildman–Crippen LogP) is 3.45. The Morgan fingerprint density at radius 3 is 2.76 bits per heavy atom. The van der Waals surface area contributed by atoms with Gasteiger partial charge in [0.05, 0.1) is 10.0 Å². The first-order valence-corrected chi connectivity index (χ1v) is 6.12. The van der Waals surface area contributed by atoms with Crippen molar-refractivity contribution < 1.29 is 9.90 Å². The zero-order chi connectivity index (χ0) is 12.7. The molecule has 0 unspecified atom stereocenters. The van der Waals surface area contributed by atoms with Gasteiger partial charge in [-0.15, -0.1) is 0 Å². The first-order valence-electron chi connectivity index (χ1n) is 5.36. The van der Waals surface area contributed by atoms with E-state index in [1.54, 1.807) is 6.07 Å². The van der Waals surface area contributed by atoms with Crippen molar-refractivity contribution in [2.45, 2.75) is 25.7 Å². The predicted molar refractivity (Wildman–Crippen MR) is 68.9 cm³/mol. The molecule has 17 heavy (non-hydrogen) atoms. The number of nitrogens with zero attached hydrogens (tertiary/aromatic N) is 1. The molecular weight excluding hydrogens is 263 g/mol. The van der Waals surface area contributed by atoms with E-state index >= 15 is 0 Å². The lowest BCUT2D eigenvalue weighted by Crippen LogP contribution is -2.04. The summed E-state index contributed by atoms with van der Waals surface area (Å²) in [4.78, 5) is 14.3. The number of unbranched alkanes of at least 4 members (excludes halogenated alkanes) is 2. The quantitative estimate of drug-likeness (QED) is 0.749. The molecule has 0 saturated heterocycles. The van der Waals surface area contributed by atoms with Crippen molar-refractivity contribution in [1.29, 1.82) is 0 Å². The second-order valence-corrected chi connectivity index (χ2v) is 4.46. The highest BCUT2D eigenvalue weighted by Crippen LogP contribution is 2.22. The van der Waals surface area contributed by atoms with E-state index in [1.165, 1.54) is 6.20 Å². The zero-order valence-corrected chi connectivity index (χ0v) is 10.8. The van der Waals surface area contributed by atoms with Crippen LogP contribution in [0.5, 0.6) is 0 Å². The summed E-state index contributed by atoms with van der Waals surface area (Å²) in [6.07, 6.45) is 4.19. The third-order valence-electron chi connectivity index (χ3n) is 2.17. The summed E-state index contributed by atoms with van der Waals surface area (Å²) >= 11 is 11.6. The Kier molecular flexibility index (Phi) is 6.08. The number of anilines is 1. The molecule has 0 fully saturated rings. The molecule has 0 radical (unpaired) electrons. The molecule has 4 nitrogen and oxygen atoms in total. The highest BCUT2D eigenvalue weighted by atomic mass is 35.5. The number of pyridine rings is 1. The van der Waals surface area contributed by atoms with Crippen molar-refractivity contribution in [3.05, 3.63) is 22.3 Å². The molecule has 0 saturated carbocycles. The van der Waals surface area contributed by atoms with Gasteiger partial charge in [0.15, 0.2) is 0 Å². The van der Waals surface area contributed by atoms with Crippen LogP contribution < -0.4 is 5.32 Å². The molecule has 1 aromatic heterocycles. The highest BCUT2D eigenvalue weighted by Gasteiger charge is 2.02. The number of halogens is 2. The first kappa shape index (κ1) is 14.1. The molecule has 0 aliphatic rings. The van der Waals surface area contributed by atoms with Crippen LogP contribution in [0.25, 0.3) is 0 Å². The third-order valence-corrected chi connectivity index (χ3v) is 2.66. The fourth-order valence-electron chi connectivity index (χ4n) is 1.33. The molecule has 0 aromatic carbocycles. The molecule has 1 heterocycles. The van der Waals surface area contributed by atoms with E-state index in [-0.39, 0.29) is 6.42 Å². The van der Waals surface area contributed by atoms with E-state index < -0.39 is 5.97 Å². The lowest BCUT2D eigenvalue weighted by molar-refractivity contribution is -0.137. The largest absolute Gasteiger partial charge is 0.481 e. The number of aliphatic carboxylic acids is 1. The topological polar surface area (TPSA) is 62.2 Å². The van der Waals surface area contributed by atoms with Crippen LogP contribution in [0.15, 0.2) is 12.3 Å². The molecule has 6 heteroatoms. The minimum Gasteiger partial charge on any atom is -0.481 e. The monoisotopic (exact) mass is 276 g/mol. The van der Waals surface area contributed by atoms with Crippen LogP contribution >= 0.6 is 23.2 Å². The summed E-state index contributed by atoms with van der Waals surface area (Å²) < 4.78 is 0. The van der Waals surface area contributed by atoms with Gasteiger partial charge in [-0.2, -0.15) is 0 Å². The van der Waals surface area contributed by atoms with Crippen LogP contribution in [0.3, 0.4) is 0 Å². The molecule has 94 valence electrons. The number of hydrogen-bond acceptors (Lipinski definition) is 3. The number of hydrogen-bond donors (Lipinski definition) is 2. The maximum absolute atomic E-state index is 10.3. The van der Waals surface area contributed by atoms with E-state index in [0.29, 0.717) is 28.8 Å². The van der Waals surface area contributed by atoms with Gasteiger partial charge in [0.2, 0.25) is 0 Å². The smallest absolute Gasteiger partial charge is 0.303 e. The first-order chi connectivity index (χ1) is 8.09. The van der Waals surface area contributed by atoms with Gasteiger partial charge in [-0.05, 0) is 18.9 Å². The van der Waals surface area contributed by atoms with Crippen molar-refractivity contribution in [3.8, 4) is 0 Å². The van der Waals surface area contributed by atoms with E-state index in [0.717, 1.165) is 12.8 Å². The van der Waals surface area contributed by atoms with Gasteiger partial charge in [-0.1, -0.05) is 29.6 Å². The lowest BCUT2D eigenvalue weighted by Gasteiger charge is -2.06. The summed E-state index contributed by atoms with van der Waals surface area (Å²) in [7, 11) is 0. The van der Waals surface area contributed by atoms with Gasteiger partial charge in [-0.25, -0.2) is 4.98 Å². The van der Waals surface area contributed by atoms with Crippen molar-refractivity contribution >= 4 is 35.0 Å². The molecule has 0 atom stereocenters. The van der Waals surface area contributed by atoms with Crippen molar-refractivity contribution in [2.24, 2.45) is 0 Å². The second-order valence-electron chi connectivity index (χ2n) is 3.62. The van der Waals surface area contributed by atoms with Gasteiger partial charge in [0.25, 0.3) is 0 Å². The molecule has 1 aromatic rings. The third kappa shape index (κ3) is 5.75. The minimum absolute atomic E-state index is 0.222. The summed E-state index contributed by atoms with van der Waals surface area (Å²) in [5.41, 5.74) is 0. The van der Waals surface area contributed by atoms with Gasteiger partial charge < -0.3 is 10.4 Å². The zero-order valence-electron chi connectivity index (χ0n) is 9.25. The van der Waals surface area contributed by atoms with Crippen molar-refractivity contribution in [2.75, 3.05) is 11.9 Å². The van der Waals surface area contributed by atoms with Crippen molar-refractivity contribution in [1.82, 2.24) is 4.98 Å². The molecule has 0 amide bonds. The Balaban J connectivity index is 2.20. The van der Waals surface area contributed by atoms with E-state index in [9.17, 15) is 4.79 Å². The number of carbonyl (C=O) groups is 1. The Morgan fingerprint density at radius 2 is 2.12 bits per heavy atom. The summed E-state index contributed by atoms with van der Waals surface area (Å²) in [5, 5.41) is 12.5. The minimum atomic E-state index is -0.750. The molecule has 2 N–H and O–H groups in total. The number of nitrogens with one attached hydrogen (secondary N) is 1. The summed E-state index contributed by atoms with van der Waals surface area (Å²) in [6, 6.07) is 1.63. The Labute approximate surface area is 110 Å². The average molecular weight is 277 g/mol. The molecule has 0 spiro atoms. The van der Waals surface area contributed by atoms with E-state index in [1.807, 2.05) is 0 Å². The molecule has 0 aliphatic heterocycles. The number of aromatic nitrogens is 1. The molecule has 1 rings (SSSR count). The van der Waals surface area contributed by atoms with Crippen LogP contribution in [0, 0.1) is 0 Å². The van der Waals surface area contributed by atoms with E-state index in [4.69, 9.17) is 28.3 Å². The Bertz CT molecular complexity index is 386. The standard InChI is InChI=1S/C11H14Cl2N2O2/c12-8-6-9(13)11(15-7-8)14-5-3-1-2-4-10(16)17/h6-7H,1-5H2,(H,14,15)(H,16,17). The van der Waals surface area contributed by atoms with Gasteiger partial charge >= 0.3 is 5.97 Å². The van der Waals surface area contributed by atoms with Gasteiger partial charge in [-0.3, -0.25) is 4.79 Å². The van der Waals surface area contributed by atoms with Crippen LogP contribution in [0.4, 0.5) is 5.82 Å². The second kappa shape index (κ2) is 7.35. The van der Waals surface area contributed by atoms with Crippen LogP contribution in [0.2, 0.25) is 10.0 Å². The SMILES string of the molecule is O=C(O)CCCCCNc1ncc(Cl)cc1Cl. The maximum Gasteiger partial charge on any atom is 0.303 e. The van der Waals surface area contributed by atoms with Gasteiger partial charge in [0.1, 0.15) is 5.82 Å². The van der Waals surface area contributed by atoms with Crippen LogP contribution in [-0.2, 0) is 4.79 Å². The molecule has 0 aliphatic carbocycles. The molecule has 0 bridgehead atoms. The average Bonchev–Trinajstić information content (AvgIpc) is 2.25. The highest BCUT2D eigenvalue weighted by molar-refractivity contribution is 6.35. The fraction of sp³-hybridized carbons (Fsp3) is 0.455. The Morgan fingerprint density at radius 1 is 1.35 bits per heavy atom. The number of carboxylic acid groups (broad SMARTS) is 1. The van der Waals surface area contributed by atoms with E-state index in [2.05, 4.69) is 10.3 Å². The summed E-state index contributed by atoms with van der Waals surface area (Å²) in [5.74, 6) is -0.144. The van der Waals surface area contributed by atoms with Crippen LogP contribution in [0.1, 0.15) is 25.7 Å². The number of carboxylic acids is 1. The fourth-order valence-corrected chi connectivity index (χ4v) is 1.78. The number of rotatable bonds is 7. The molecular formula is C11H14Cl2N2O2. The lowest BCUT2D eigenvalue weighted by atomic mass is 10.2.